The van der Waals surface area contributed by atoms with Gasteiger partial charge in [-0.3, -0.25) is 14.4 Å². The molecule has 1 amide bonds. The van der Waals surface area contributed by atoms with Crippen molar-refractivity contribution in [3.8, 4) is 10.6 Å². The highest BCUT2D eigenvalue weighted by Gasteiger charge is 2.35. The maximum Gasteiger partial charge on any atom is 0.417 e. The van der Waals surface area contributed by atoms with E-state index in [1.165, 1.54) is 24.3 Å². The Labute approximate surface area is 219 Å². The third-order valence-electron chi connectivity index (χ3n) is 5.13. The molecule has 4 rings (SSSR count). The van der Waals surface area contributed by atoms with Crippen molar-refractivity contribution in [2.24, 2.45) is 0 Å². The Kier molecular flexibility index (Phi) is 7.53. The van der Waals surface area contributed by atoms with Gasteiger partial charge in [0, 0.05) is 5.56 Å². The zero-order valence-electron chi connectivity index (χ0n) is 19.0. The molecule has 1 N–H and O–H groups in total. The lowest BCUT2D eigenvalue weighted by Crippen LogP contribution is -2.38. The molecule has 1 heterocycles. The fourth-order valence-electron chi connectivity index (χ4n) is 3.30. The van der Waals surface area contributed by atoms with Gasteiger partial charge < -0.3 is 0 Å². The van der Waals surface area contributed by atoms with E-state index in [9.17, 15) is 26.4 Å². The molecule has 7 nitrogen and oxygen atoms in total. The van der Waals surface area contributed by atoms with Gasteiger partial charge in [0.15, 0.2) is 0 Å². The van der Waals surface area contributed by atoms with Crippen LogP contribution >= 0.6 is 22.9 Å². The summed E-state index contributed by atoms with van der Waals surface area (Å²) in [6.07, 6.45) is -4.84. The van der Waals surface area contributed by atoms with Gasteiger partial charge in [-0.1, -0.05) is 71.0 Å². The van der Waals surface area contributed by atoms with E-state index in [1.807, 2.05) is 31.2 Å². The van der Waals surface area contributed by atoms with E-state index in [-0.39, 0.29) is 15.7 Å². The Hall–Kier alpha value is -3.48. The second kappa shape index (κ2) is 10.5. The zero-order valence-corrected chi connectivity index (χ0v) is 21.4. The van der Waals surface area contributed by atoms with Gasteiger partial charge in [0.1, 0.15) is 11.6 Å². The highest BCUT2D eigenvalue weighted by Crippen LogP contribution is 2.38. The van der Waals surface area contributed by atoms with Gasteiger partial charge in [0.25, 0.3) is 10.0 Å². The number of benzene rings is 3. The lowest BCUT2D eigenvalue weighted by molar-refractivity contribution is -0.137. The van der Waals surface area contributed by atoms with E-state index in [4.69, 9.17) is 11.6 Å². The predicted octanol–water partition coefficient (Wildman–Crippen LogP) is 6.02. The van der Waals surface area contributed by atoms with Gasteiger partial charge in [0.05, 0.1) is 21.2 Å². The number of amides is 1. The molecule has 0 aliphatic rings. The number of carbonyl (C=O) groups is 1. The standard InChI is InChI=1S/C24H18ClF3N4O3S2/c1-15-7-9-16(10-8-15)22-30-31-23(36-22)29-21(33)14-32(37(34,35)18-5-3-2-4-6-18)17-11-12-20(25)19(13-17)24(26,27)28/h2-13H,14H2,1H3,(H,29,31,33). The van der Waals surface area contributed by atoms with Crippen LogP contribution in [0.4, 0.5) is 24.0 Å². The molecule has 192 valence electrons. The van der Waals surface area contributed by atoms with Crippen molar-refractivity contribution in [2.75, 3.05) is 16.2 Å². The normalized spacial score (nSPS) is 11.8. The van der Waals surface area contributed by atoms with Crippen LogP contribution in [0.15, 0.2) is 77.7 Å². The number of nitrogens with zero attached hydrogens (tertiary/aromatic N) is 3. The summed E-state index contributed by atoms with van der Waals surface area (Å²) in [7, 11) is -4.43. The molecule has 0 radical (unpaired) electrons. The largest absolute Gasteiger partial charge is 0.417 e. The number of alkyl halides is 3. The summed E-state index contributed by atoms with van der Waals surface area (Å²) in [5.41, 5.74) is 0.218. The minimum Gasteiger partial charge on any atom is -0.299 e. The van der Waals surface area contributed by atoms with Crippen LogP contribution in [0.2, 0.25) is 5.02 Å². The molecule has 13 heteroatoms. The minimum absolute atomic E-state index is 0.102. The van der Waals surface area contributed by atoms with E-state index in [1.54, 1.807) is 6.07 Å². The summed E-state index contributed by atoms with van der Waals surface area (Å²) < 4.78 is 67.8. The molecule has 4 aromatic rings. The van der Waals surface area contributed by atoms with E-state index in [0.717, 1.165) is 34.6 Å². The minimum atomic E-state index is -4.84. The van der Waals surface area contributed by atoms with Gasteiger partial charge in [-0.25, -0.2) is 8.42 Å². The van der Waals surface area contributed by atoms with Crippen molar-refractivity contribution in [3.63, 3.8) is 0 Å². The SMILES string of the molecule is Cc1ccc(-c2nnc(NC(=O)CN(c3ccc(Cl)c(C(F)(F)F)c3)S(=O)(=O)c3ccccc3)s2)cc1. The zero-order chi connectivity index (χ0) is 26.8. The number of halogens is 4. The first-order chi connectivity index (χ1) is 17.4. The van der Waals surface area contributed by atoms with Gasteiger partial charge in [-0.05, 0) is 37.3 Å². The molecule has 0 aliphatic carbocycles. The Morgan fingerprint density at radius 2 is 1.70 bits per heavy atom. The summed E-state index contributed by atoms with van der Waals surface area (Å²) in [5, 5.41) is 10.4. The molecule has 0 atom stereocenters. The fourth-order valence-corrected chi connectivity index (χ4v) is 5.72. The lowest BCUT2D eigenvalue weighted by Gasteiger charge is -2.25. The van der Waals surface area contributed by atoms with Crippen molar-refractivity contribution < 1.29 is 26.4 Å². The van der Waals surface area contributed by atoms with Crippen molar-refractivity contribution in [2.45, 2.75) is 18.0 Å². The Balaban J connectivity index is 1.65. The molecule has 0 saturated heterocycles. The Morgan fingerprint density at radius 3 is 2.35 bits per heavy atom. The van der Waals surface area contributed by atoms with Gasteiger partial charge in [-0.15, -0.1) is 10.2 Å². The second-order valence-electron chi connectivity index (χ2n) is 7.81. The number of hydrogen-bond acceptors (Lipinski definition) is 6. The number of hydrogen-bond donors (Lipinski definition) is 1. The number of aryl methyl sites for hydroxylation is 1. The highest BCUT2D eigenvalue weighted by molar-refractivity contribution is 7.92. The number of aromatic nitrogens is 2. The second-order valence-corrected chi connectivity index (χ2v) is 11.1. The molecular weight excluding hydrogens is 549 g/mol. The number of anilines is 2. The predicted molar refractivity (Wildman–Crippen MR) is 136 cm³/mol. The monoisotopic (exact) mass is 566 g/mol. The lowest BCUT2D eigenvalue weighted by atomic mass is 10.2. The fraction of sp³-hybridized carbons (Fsp3) is 0.125. The molecule has 37 heavy (non-hydrogen) atoms. The van der Waals surface area contributed by atoms with E-state index in [2.05, 4.69) is 15.5 Å². The average Bonchev–Trinajstić information content (AvgIpc) is 3.31. The van der Waals surface area contributed by atoms with Gasteiger partial charge in [-0.2, -0.15) is 13.2 Å². The molecular formula is C24H18ClF3N4O3S2. The van der Waals surface area contributed by atoms with Gasteiger partial charge in [0.2, 0.25) is 11.0 Å². The van der Waals surface area contributed by atoms with Crippen LogP contribution in [0.3, 0.4) is 0 Å². The summed E-state index contributed by atoms with van der Waals surface area (Å²) in [5.74, 6) is -0.824. The van der Waals surface area contributed by atoms with E-state index in [0.29, 0.717) is 15.4 Å². The van der Waals surface area contributed by atoms with Crippen LogP contribution in [-0.4, -0.2) is 31.1 Å². The van der Waals surface area contributed by atoms with Crippen LogP contribution < -0.4 is 9.62 Å². The van der Waals surface area contributed by atoms with E-state index < -0.39 is 39.2 Å². The molecule has 3 aromatic carbocycles. The van der Waals surface area contributed by atoms with Crippen LogP contribution in [0, 0.1) is 6.92 Å². The summed E-state index contributed by atoms with van der Waals surface area (Å²) >= 11 is 6.78. The topological polar surface area (TPSA) is 92.3 Å². The third-order valence-corrected chi connectivity index (χ3v) is 8.14. The molecule has 0 fully saturated rings. The Morgan fingerprint density at radius 1 is 1.03 bits per heavy atom. The van der Waals surface area contributed by atoms with Crippen molar-refractivity contribution in [3.05, 3.63) is 88.9 Å². The number of rotatable bonds is 7. The molecule has 0 aliphatic heterocycles. The first-order valence-electron chi connectivity index (χ1n) is 10.6. The van der Waals surface area contributed by atoms with Crippen LogP contribution in [0.5, 0.6) is 0 Å². The quantitative estimate of drug-likeness (QED) is 0.295. The summed E-state index contributed by atoms with van der Waals surface area (Å²) in [6, 6.07) is 17.2. The maximum atomic E-state index is 13.5. The number of nitrogens with one attached hydrogen (secondary N) is 1. The molecule has 0 bridgehead atoms. The molecule has 1 aromatic heterocycles. The first kappa shape index (κ1) is 26.6. The van der Waals surface area contributed by atoms with Crippen molar-refractivity contribution in [1.29, 1.82) is 0 Å². The van der Waals surface area contributed by atoms with Gasteiger partial charge >= 0.3 is 6.18 Å². The average molecular weight is 567 g/mol. The molecule has 0 saturated carbocycles. The Bertz CT molecular complexity index is 1530. The number of sulfonamides is 1. The smallest absolute Gasteiger partial charge is 0.299 e. The molecule has 0 unspecified atom stereocenters. The third kappa shape index (κ3) is 6.09. The molecule has 0 spiro atoms. The summed E-state index contributed by atoms with van der Waals surface area (Å²) in [4.78, 5) is 12.7. The van der Waals surface area contributed by atoms with Crippen LogP contribution in [0.1, 0.15) is 11.1 Å². The van der Waals surface area contributed by atoms with Crippen molar-refractivity contribution >= 4 is 49.7 Å². The highest BCUT2D eigenvalue weighted by atomic mass is 35.5. The maximum absolute atomic E-state index is 13.5. The summed E-state index contributed by atoms with van der Waals surface area (Å²) in [6.45, 7) is 1.11. The van der Waals surface area contributed by atoms with E-state index >= 15 is 0 Å². The number of carbonyl (C=O) groups excluding carboxylic acids is 1. The van der Waals surface area contributed by atoms with Crippen LogP contribution in [-0.2, 0) is 21.0 Å². The first-order valence-corrected chi connectivity index (χ1v) is 13.2. The van der Waals surface area contributed by atoms with Crippen LogP contribution in [0.25, 0.3) is 10.6 Å². The van der Waals surface area contributed by atoms with Crippen molar-refractivity contribution in [1.82, 2.24) is 10.2 Å².